The van der Waals surface area contributed by atoms with E-state index in [1.807, 2.05) is 60.7 Å². The van der Waals surface area contributed by atoms with Gasteiger partial charge in [-0.25, -0.2) is 0 Å². The number of carbonyl (C=O) groups excluding carboxylic acids is 2. The molecular weight excluding hydrogens is 342 g/mol. The third kappa shape index (κ3) is 5.56. The lowest BCUT2D eigenvalue weighted by Crippen LogP contribution is -2.53. The first-order valence-electron chi connectivity index (χ1n) is 9.19. The smallest absolute Gasteiger partial charge is 0.263 e. The molecule has 2 amide bonds. The van der Waals surface area contributed by atoms with Gasteiger partial charge in [0.25, 0.3) is 5.91 Å². The zero-order chi connectivity index (χ0) is 19.1. The normalized spacial score (nSPS) is 15.8. The number of piperazine rings is 1. The lowest BCUT2D eigenvalue weighted by Gasteiger charge is -2.35. The third-order valence-electron chi connectivity index (χ3n) is 4.51. The molecule has 1 heterocycles. The standard InChI is InChI=1S/C21H25N3O3/c1-17(27-19-10-6-3-7-11-19)21(26)24-14-12-23(13-15-24)16-20(25)22-18-8-4-2-5-9-18/h2-11,17H,12-16H2,1H3,(H,22,25). The molecule has 0 aromatic heterocycles. The lowest BCUT2D eigenvalue weighted by atomic mass is 10.2. The molecule has 1 unspecified atom stereocenters. The highest BCUT2D eigenvalue weighted by Gasteiger charge is 2.26. The Kier molecular flexibility index (Phi) is 6.44. The molecule has 0 saturated carbocycles. The Morgan fingerprint density at radius 1 is 0.963 bits per heavy atom. The number of carbonyl (C=O) groups is 2. The molecule has 1 aliphatic heterocycles. The van der Waals surface area contributed by atoms with Crippen molar-refractivity contribution in [2.24, 2.45) is 0 Å². The van der Waals surface area contributed by atoms with E-state index in [1.165, 1.54) is 0 Å². The molecule has 0 aliphatic carbocycles. The van der Waals surface area contributed by atoms with Crippen LogP contribution < -0.4 is 10.1 Å². The Bertz CT molecular complexity index is 744. The molecule has 6 nitrogen and oxygen atoms in total. The number of rotatable bonds is 6. The van der Waals surface area contributed by atoms with Crippen molar-refractivity contribution in [3.63, 3.8) is 0 Å². The molecule has 27 heavy (non-hydrogen) atoms. The van der Waals surface area contributed by atoms with Gasteiger partial charge in [-0.3, -0.25) is 14.5 Å². The van der Waals surface area contributed by atoms with E-state index in [4.69, 9.17) is 4.74 Å². The van der Waals surface area contributed by atoms with Crippen molar-refractivity contribution in [3.8, 4) is 5.75 Å². The van der Waals surface area contributed by atoms with Crippen LogP contribution in [0.4, 0.5) is 5.69 Å². The highest BCUT2D eigenvalue weighted by Crippen LogP contribution is 2.13. The molecule has 0 bridgehead atoms. The lowest BCUT2D eigenvalue weighted by molar-refractivity contribution is -0.139. The molecule has 1 fully saturated rings. The summed E-state index contributed by atoms with van der Waals surface area (Å²) in [6.07, 6.45) is -0.527. The number of hydrogen-bond donors (Lipinski definition) is 1. The summed E-state index contributed by atoms with van der Waals surface area (Å²) in [6, 6.07) is 18.8. The average Bonchev–Trinajstić information content (AvgIpc) is 2.69. The number of nitrogens with one attached hydrogen (secondary N) is 1. The van der Waals surface area contributed by atoms with Gasteiger partial charge >= 0.3 is 0 Å². The van der Waals surface area contributed by atoms with Gasteiger partial charge < -0.3 is 15.0 Å². The molecular formula is C21H25N3O3. The monoisotopic (exact) mass is 367 g/mol. The van der Waals surface area contributed by atoms with Crippen molar-refractivity contribution in [2.45, 2.75) is 13.0 Å². The van der Waals surface area contributed by atoms with Gasteiger partial charge in [0.2, 0.25) is 5.91 Å². The molecule has 1 atom stereocenters. The highest BCUT2D eigenvalue weighted by atomic mass is 16.5. The maximum atomic E-state index is 12.6. The molecule has 142 valence electrons. The summed E-state index contributed by atoms with van der Waals surface area (Å²) >= 11 is 0. The second-order valence-corrected chi connectivity index (χ2v) is 6.59. The fourth-order valence-corrected chi connectivity index (χ4v) is 3.06. The molecule has 2 aromatic carbocycles. The van der Waals surface area contributed by atoms with Crippen LogP contribution in [0.3, 0.4) is 0 Å². The van der Waals surface area contributed by atoms with Crippen LogP contribution in [0.1, 0.15) is 6.92 Å². The summed E-state index contributed by atoms with van der Waals surface area (Å²) in [5.41, 5.74) is 0.795. The predicted octanol–water partition coefficient (Wildman–Crippen LogP) is 2.24. The van der Waals surface area contributed by atoms with Crippen LogP contribution in [0.15, 0.2) is 60.7 Å². The minimum absolute atomic E-state index is 0.0211. The van der Waals surface area contributed by atoms with Crippen molar-refractivity contribution in [3.05, 3.63) is 60.7 Å². The third-order valence-corrected chi connectivity index (χ3v) is 4.51. The topological polar surface area (TPSA) is 61.9 Å². The number of benzene rings is 2. The Balaban J connectivity index is 1.42. The second-order valence-electron chi connectivity index (χ2n) is 6.59. The number of amides is 2. The largest absolute Gasteiger partial charge is 0.481 e. The van der Waals surface area contributed by atoms with Crippen LogP contribution in [0.5, 0.6) is 5.75 Å². The summed E-state index contributed by atoms with van der Waals surface area (Å²) in [7, 11) is 0. The number of ether oxygens (including phenoxy) is 1. The zero-order valence-electron chi connectivity index (χ0n) is 15.5. The fraction of sp³-hybridized carbons (Fsp3) is 0.333. The van der Waals surface area contributed by atoms with Crippen LogP contribution in [0.25, 0.3) is 0 Å². The Hall–Kier alpha value is -2.86. The first-order chi connectivity index (χ1) is 13.1. The summed E-state index contributed by atoms with van der Waals surface area (Å²) in [4.78, 5) is 28.6. The van der Waals surface area contributed by atoms with Gasteiger partial charge in [-0.1, -0.05) is 36.4 Å². The average molecular weight is 367 g/mol. The van der Waals surface area contributed by atoms with Gasteiger partial charge in [-0.15, -0.1) is 0 Å². The first-order valence-corrected chi connectivity index (χ1v) is 9.19. The summed E-state index contributed by atoms with van der Waals surface area (Å²) in [6.45, 7) is 4.64. The van der Waals surface area contributed by atoms with Crippen LogP contribution in [-0.4, -0.2) is 60.4 Å². The molecule has 6 heteroatoms. The van der Waals surface area contributed by atoms with Crippen LogP contribution >= 0.6 is 0 Å². The molecule has 2 aromatic rings. The molecule has 1 aliphatic rings. The van der Waals surface area contributed by atoms with Gasteiger partial charge in [0, 0.05) is 31.9 Å². The van der Waals surface area contributed by atoms with Crippen LogP contribution in [0.2, 0.25) is 0 Å². The van der Waals surface area contributed by atoms with Crippen molar-refractivity contribution >= 4 is 17.5 Å². The number of para-hydroxylation sites is 2. The first kappa shape index (κ1) is 18.9. The van der Waals surface area contributed by atoms with Gasteiger partial charge in [0.05, 0.1) is 6.54 Å². The van der Waals surface area contributed by atoms with Gasteiger partial charge in [0.1, 0.15) is 5.75 Å². The van der Waals surface area contributed by atoms with Gasteiger partial charge in [0.15, 0.2) is 6.10 Å². The van der Waals surface area contributed by atoms with Crippen LogP contribution in [-0.2, 0) is 9.59 Å². The minimum Gasteiger partial charge on any atom is -0.481 e. The van der Waals surface area contributed by atoms with E-state index in [0.717, 1.165) is 5.69 Å². The number of hydrogen-bond acceptors (Lipinski definition) is 4. The quantitative estimate of drug-likeness (QED) is 0.851. The minimum atomic E-state index is -0.527. The summed E-state index contributed by atoms with van der Waals surface area (Å²) in [5, 5.41) is 2.89. The van der Waals surface area contributed by atoms with Gasteiger partial charge in [-0.2, -0.15) is 0 Å². The number of anilines is 1. The Labute approximate surface area is 159 Å². The van der Waals surface area contributed by atoms with Crippen molar-refractivity contribution in [1.82, 2.24) is 9.80 Å². The maximum Gasteiger partial charge on any atom is 0.263 e. The molecule has 1 N–H and O–H groups in total. The highest BCUT2D eigenvalue weighted by molar-refractivity contribution is 5.92. The Morgan fingerprint density at radius 3 is 2.19 bits per heavy atom. The zero-order valence-corrected chi connectivity index (χ0v) is 15.5. The molecule has 0 spiro atoms. The van der Waals surface area contributed by atoms with E-state index < -0.39 is 6.10 Å². The van der Waals surface area contributed by atoms with E-state index in [9.17, 15) is 9.59 Å². The Morgan fingerprint density at radius 2 is 1.56 bits per heavy atom. The van der Waals surface area contributed by atoms with E-state index in [2.05, 4.69) is 10.2 Å². The second kappa shape index (κ2) is 9.19. The van der Waals surface area contributed by atoms with E-state index in [-0.39, 0.29) is 11.8 Å². The number of nitrogens with zero attached hydrogens (tertiary/aromatic N) is 2. The SMILES string of the molecule is CC(Oc1ccccc1)C(=O)N1CCN(CC(=O)Nc2ccccc2)CC1. The van der Waals surface area contributed by atoms with E-state index in [0.29, 0.717) is 38.5 Å². The van der Waals surface area contributed by atoms with Crippen LogP contribution in [0, 0.1) is 0 Å². The fourth-order valence-electron chi connectivity index (χ4n) is 3.06. The van der Waals surface area contributed by atoms with Crippen molar-refractivity contribution in [2.75, 3.05) is 38.0 Å². The van der Waals surface area contributed by atoms with Gasteiger partial charge in [-0.05, 0) is 31.2 Å². The van der Waals surface area contributed by atoms with E-state index in [1.54, 1.807) is 11.8 Å². The van der Waals surface area contributed by atoms with Crippen molar-refractivity contribution in [1.29, 1.82) is 0 Å². The van der Waals surface area contributed by atoms with E-state index >= 15 is 0 Å². The molecule has 1 saturated heterocycles. The molecule has 3 rings (SSSR count). The predicted molar refractivity (Wildman–Crippen MR) is 105 cm³/mol. The summed E-state index contributed by atoms with van der Waals surface area (Å²) in [5.74, 6) is 0.628. The summed E-state index contributed by atoms with van der Waals surface area (Å²) < 4.78 is 5.72. The maximum absolute atomic E-state index is 12.6. The molecule has 0 radical (unpaired) electrons. The van der Waals surface area contributed by atoms with Crippen molar-refractivity contribution < 1.29 is 14.3 Å².